The summed E-state index contributed by atoms with van der Waals surface area (Å²) < 4.78 is 12.5. The van der Waals surface area contributed by atoms with Gasteiger partial charge in [-0.25, -0.2) is 0 Å². The molecule has 10 rings (SSSR count). The molecule has 1 aromatic rings. The highest BCUT2D eigenvalue weighted by atomic mass is 16.6. The maximum Gasteiger partial charge on any atom is 0.127 e. The van der Waals surface area contributed by atoms with Gasteiger partial charge in [-0.3, -0.25) is 0 Å². The van der Waals surface area contributed by atoms with E-state index in [1.165, 1.54) is 88.4 Å². The number of aryl methyl sites for hydroxylation is 1. The Bertz CT molecular complexity index is 870. The van der Waals surface area contributed by atoms with Gasteiger partial charge < -0.3 is 9.47 Å². The van der Waals surface area contributed by atoms with Gasteiger partial charge in [-0.05, 0) is 130 Å². The molecule has 0 spiro atoms. The molecule has 1 heterocycles. The van der Waals surface area contributed by atoms with Crippen molar-refractivity contribution in [1.29, 1.82) is 0 Å². The predicted octanol–water partition coefficient (Wildman–Crippen LogP) is 6.71. The molecule has 2 heteroatoms. The van der Waals surface area contributed by atoms with Crippen molar-refractivity contribution in [2.24, 2.45) is 35.5 Å². The Morgan fingerprint density at radius 2 is 1.22 bits per heavy atom. The highest BCUT2D eigenvalue weighted by Gasteiger charge is 2.56. The van der Waals surface area contributed by atoms with Gasteiger partial charge in [0.2, 0.25) is 0 Å². The van der Waals surface area contributed by atoms with Gasteiger partial charge in [0.1, 0.15) is 18.5 Å². The molecule has 1 aliphatic heterocycles. The summed E-state index contributed by atoms with van der Waals surface area (Å²) in [4.78, 5) is 0. The number of ether oxygens (including phenoxy) is 2. The van der Waals surface area contributed by atoms with Crippen molar-refractivity contribution in [3.05, 3.63) is 28.8 Å². The van der Waals surface area contributed by atoms with Crippen LogP contribution in [0.3, 0.4) is 0 Å². The largest absolute Gasteiger partial charge is 0.490 e. The van der Waals surface area contributed by atoms with Gasteiger partial charge in [0, 0.05) is 16.5 Å². The fourth-order valence-corrected chi connectivity index (χ4v) is 11.1. The van der Waals surface area contributed by atoms with Crippen molar-refractivity contribution in [2.45, 2.75) is 101 Å². The molecule has 9 fully saturated rings. The van der Waals surface area contributed by atoms with Gasteiger partial charge >= 0.3 is 0 Å². The maximum absolute atomic E-state index is 6.93. The molecule has 8 saturated carbocycles. The van der Waals surface area contributed by atoms with E-state index >= 15 is 0 Å². The van der Waals surface area contributed by atoms with Crippen LogP contribution in [0.25, 0.3) is 0 Å². The summed E-state index contributed by atoms with van der Waals surface area (Å²) in [6, 6.07) is 5.05. The minimum atomic E-state index is 0.337. The van der Waals surface area contributed by atoms with E-state index in [0.29, 0.717) is 16.9 Å². The topological polar surface area (TPSA) is 21.8 Å². The first-order chi connectivity index (χ1) is 15.6. The first kappa shape index (κ1) is 19.3. The molecule has 32 heavy (non-hydrogen) atoms. The molecule has 2 nitrogen and oxygen atoms in total. The third kappa shape index (κ3) is 2.80. The first-order valence-corrected chi connectivity index (χ1v) is 14.0. The van der Waals surface area contributed by atoms with Crippen molar-refractivity contribution in [2.75, 3.05) is 13.2 Å². The molecular formula is C30H40O2. The smallest absolute Gasteiger partial charge is 0.127 e. The van der Waals surface area contributed by atoms with E-state index < -0.39 is 0 Å². The summed E-state index contributed by atoms with van der Waals surface area (Å²) in [6.45, 7) is 4.06. The lowest BCUT2D eigenvalue weighted by molar-refractivity contribution is -0.0110. The fraction of sp³-hybridized carbons (Fsp3) is 0.800. The fourth-order valence-electron chi connectivity index (χ4n) is 11.1. The van der Waals surface area contributed by atoms with Crippen molar-refractivity contribution in [3.63, 3.8) is 0 Å². The second kappa shape index (κ2) is 6.55. The molecule has 0 aromatic heterocycles. The van der Waals surface area contributed by atoms with E-state index in [4.69, 9.17) is 9.47 Å². The average molecular weight is 433 g/mol. The Morgan fingerprint density at radius 3 is 1.69 bits per heavy atom. The minimum absolute atomic E-state index is 0.337. The normalized spacial score (nSPS) is 49.6. The van der Waals surface area contributed by atoms with Crippen LogP contribution < -0.4 is 4.74 Å². The molecule has 8 aliphatic carbocycles. The zero-order valence-corrected chi connectivity index (χ0v) is 19.9. The molecule has 0 radical (unpaired) electrons. The molecular weight excluding hydrogens is 392 g/mol. The molecule has 1 saturated heterocycles. The van der Waals surface area contributed by atoms with Crippen LogP contribution in [0, 0.1) is 42.4 Å². The Balaban J connectivity index is 1.28. The van der Waals surface area contributed by atoms with Gasteiger partial charge in [0.05, 0.1) is 6.61 Å². The van der Waals surface area contributed by atoms with E-state index in [2.05, 4.69) is 19.1 Å². The predicted molar refractivity (Wildman–Crippen MR) is 126 cm³/mol. The van der Waals surface area contributed by atoms with E-state index in [1.54, 1.807) is 11.1 Å². The van der Waals surface area contributed by atoms with Crippen LogP contribution >= 0.6 is 0 Å². The molecule has 1 atom stereocenters. The highest BCUT2D eigenvalue weighted by Crippen LogP contribution is 2.66. The van der Waals surface area contributed by atoms with Crippen LogP contribution in [-0.4, -0.2) is 19.3 Å². The summed E-state index contributed by atoms with van der Waals surface area (Å²) in [5.41, 5.74) is 5.63. The quantitative estimate of drug-likeness (QED) is 0.482. The number of epoxide rings is 1. The summed E-state index contributed by atoms with van der Waals surface area (Å²) in [5.74, 6) is 7.22. The molecule has 1 aromatic carbocycles. The molecule has 172 valence electrons. The van der Waals surface area contributed by atoms with Gasteiger partial charge in [0.25, 0.3) is 0 Å². The number of hydrogen-bond donors (Lipinski definition) is 0. The van der Waals surface area contributed by atoms with E-state index in [0.717, 1.165) is 48.7 Å². The standard InChI is InChI=1S/C30H40O2/c1-18-2-3-26(29-10-19-4-20(11-29)6-21(5-19)12-29)28(32-17-25-16-31-25)27(18)30-13-22-7-23(14-30)9-24(8-22)15-30/h2-3,19-25H,4-17H2,1H3. The van der Waals surface area contributed by atoms with E-state index in [-0.39, 0.29) is 0 Å². The molecule has 8 bridgehead atoms. The number of rotatable bonds is 5. The van der Waals surface area contributed by atoms with Crippen LogP contribution in [0.2, 0.25) is 0 Å². The van der Waals surface area contributed by atoms with Crippen LogP contribution in [0.1, 0.15) is 93.7 Å². The van der Waals surface area contributed by atoms with E-state index in [1.807, 2.05) is 0 Å². The van der Waals surface area contributed by atoms with Gasteiger partial charge in [0.15, 0.2) is 0 Å². The monoisotopic (exact) mass is 432 g/mol. The summed E-state index contributed by atoms with van der Waals surface area (Å²) >= 11 is 0. The SMILES string of the molecule is Cc1ccc(C23CC4CC(CC(C4)C2)C3)c(OCC2CO2)c1C12CC3CC(CC(C3)C1)C2. The number of hydrogen-bond acceptors (Lipinski definition) is 2. The van der Waals surface area contributed by atoms with Gasteiger partial charge in [-0.1, -0.05) is 12.1 Å². The highest BCUT2D eigenvalue weighted by molar-refractivity contribution is 5.55. The van der Waals surface area contributed by atoms with Crippen LogP contribution in [0.4, 0.5) is 0 Å². The van der Waals surface area contributed by atoms with Crippen LogP contribution in [0.5, 0.6) is 5.75 Å². The Labute approximate surface area is 193 Å². The number of benzene rings is 1. The van der Waals surface area contributed by atoms with E-state index in [9.17, 15) is 0 Å². The lowest BCUT2D eigenvalue weighted by Crippen LogP contribution is -2.50. The van der Waals surface area contributed by atoms with Gasteiger partial charge in [-0.15, -0.1) is 0 Å². The van der Waals surface area contributed by atoms with Crippen LogP contribution in [-0.2, 0) is 15.6 Å². The van der Waals surface area contributed by atoms with Crippen molar-refractivity contribution >= 4 is 0 Å². The van der Waals surface area contributed by atoms with Crippen molar-refractivity contribution < 1.29 is 9.47 Å². The third-order valence-corrected chi connectivity index (χ3v) is 11.4. The first-order valence-electron chi connectivity index (χ1n) is 14.0. The second-order valence-corrected chi connectivity index (χ2v) is 13.8. The minimum Gasteiger partial charge on any atom is -0.490 e. The molecule has 0 amide bonds. The Morgan fingerprint density at radius 1 is 0.750 bits per heavy atom. The zero-order valence-electron chi connectivity index (χ0n) is 19.9. The Hall–Kier alpha value is -1.02. The lowest BCUT2D eigenvalue weighted by Gasteiger charge is -2.59. The van der Waals surface area contributed by atoms with Crippen molar-refractivity contribution in [1.82, 2.24) is 0 Å². The summed E-state index contributed by atoms with van der Waals surface area (Å²) in [5, 5.41) is 0. The third-order valence-electron chi connectivity index (χ3n) is 11.4. The zero-order chi connectivity index (χ0) is 21.1. The second-order valence-electron chi connectivity index (χ2n) is 13.8. The summed E-state index contributed by atoms with van der Waals surface area (Å²) in [7, 11) is 0. The molecule has 1 unspecified atom stereocenters. The van der Waals surface area contributed by atoms with Crippen LogP contribution in [0.15, 0.2) is 12.1 Å². The lowest BCUT2D eigenvalue weighted by atomic mass is 9.46. The average Bonchev–Trinajstić information content (AvgIpc) is 3.54. The molecule has 9 aliphatic rings. The molecule has 0 N–H and O–H groups in total. The van der Waals surface area contributed by atoms with Crippen molar-refractivity contribution in [3.8, 4) is 5.75 Å². The Kier molecular flexibility index (Phi) is 3.95. The summed E-state index contributed by atoms with van der Waals surface area (Å²) in [6.07, 6.45) is 18.0. The van der Waals surface area contributed by atoms with Gasteiger partial charge in [-0.2, -0.15) is 0 Å². The maximum atomic E-state index is 6.93.